The first-order valence-electron chi connectivity index (χ1n) is 8.49. The summed E-state index contributed by atoms with van der Waals surface area (Å²) in [4.78, 5) is 26.1. The Morgan fingerprint density at radius 1 is 1.30 bits per heavy atom. The summed E-state index contributed by atoms with van der Waals surface area (Å²) in [5.74, 6) is -0.319. The average Bonchev–Trinajstić information content (AvgIpc) is 2.81. The molecule has 0 aromatic carbocycles. The number of carbonyl (C=O) groups is 1. The van der Waals surface area contributed by atoms with Crippen molar-refractivity contribution in [1.82, 2.24) is 14.8 Å². The summed E-state index contributed by atoms with van der Waals surface area (Å²) < 4.78 is 1.53. The third-order valence-electron chi connectivity index (χ3n) is 4.26. The lowest BCUT2D eigenvalue weighted by Gasteiger charge is -2.23. The zero-order chi connectivity index (χ0) is 16.7. The number of aliphatic hydroxyl groups is 1. The quantitative estimate of drug-likeness (QED) is 0.814. The number of likely N-dealkylation sites (tertiary alicyclic amines) is 1. The summed E-state index contributed by atoms with van der Waals surface area (Å²) in [6, 6.07) is 2.96. The van der Waals surface area contributed by atoms with E-state index >= 15 is 0 Å². The van der Waals surface area contributed by atoms with Gasteiger partial charge in [-0.3, -0.25) is 9.59 Å². The Labute approximate surface area is 137 Å². The number of hydrogen-bond acceptors (Lipinski definition) is 4. The Bertz CT molecular complexity index is 562. The molecule has 1 aliphatic heterocycles. The SMILES string of the molecule is CCn1ccc(C(=O)NC[C@@H](O)CN2CCCCCC2)cc1=O. The van der Waals surface area contributed by atoms with Gasteiger partial charge in [-0.2, -0.15) is 0 Å². The molecule has 23 heavy (non-hydrogen) atoms. The van der Waals surface area contributed by atoms with Gasteiger partial charge in [0.25, 0.3) is 11.5 Å². The molecule has 1 aliphatic rings. The maximum absolute atomic E-state index is 12.1. The number of aromatic nitrogens is 1. The number of nitrogens with one attached hydrogen (secondary N) is 1. The molecular weight excluding hydrogens is 294 g/mol. The molecular formula is C17H27N3O3. The van der Waals surface area contributed by atoms with E-state index in [-0.39, 0.29) is 18.0 Å². The molecule has 1 amide bonds. The first-order chi connectivity index (χ1) is 11.1. The van der Waals surface area contributed by atoms with E-state index in [0.29, 0.717) is 18.7 Å². The van der Waals surface area contributed by atoms with Crippen LogP contribution in [0.2, 0.25) is 0 Å². The van der Waals surface area contributed by atoms with E-state index in [9.17, 15) is 14.7 Å². The van der Waals surface area contributed by atoms with Crippen LogP contribution in [-0.2, 0) is 6.54 Å². The molecule has 6 heteroatoms. The Morgan fingerprint density at radius 3 is 2.61 bits per heavy atom. The summed E-state index contributed by atoms with van der Waals surface area (Å²) in [5, 5.41) is 12.8. The summed E-state index contributed by atoms with van der Waals surface area (Å²) in [7, 11) is 0. The second kappa shape index (κ2) is 8.84. The normalized spacial score (nSPS) is 17.5. The Balaban J connectivity index is 1.81. The highest BCUT2D eigenvalue weighted by molar-refractivity contribution is 5.93. The summed E-state index contributed by atoms with van der Waals surface area (Å²) in [5.41, 5.74) is 0.145. The van der Waals surface area contributed by atoms with Gasteiger partial charge in [0.05, 0.1) is 6.10 Å². The zero-order valence-electron chi connectivity index (χ0n) is 13.8. The predicted octanol–water partition coefficient (Wildman–Crippen LogP) is 0.835. The van der Waals surface area contributed by atoms with E-state index in [0.717, 1.165) is 13.1 Å². The number of amides is 1. The average molecular weight is 321 g/mol. The molecule has 0 aliphatic carbocycles. The lowest BCUT2D eigenvalue weighted by Crippen LogP contribution is -2.40. The zero-order valence-corrected chi connectivity index (χ0v) is 13.8. The molecule has 0 unspecified atom stereocenters. The molecule has 128 valence electrons. The van der Waals surface area contributed by atoms with Crippen molar-refractivity contribution in [2.45, 2.75) is 45.3 Å². The van der Waals surface area contributed by atoms with Crippen molar-refractivity contribution in [1.29, 1.82) is 0 Å². The van der Waals surface area contributed by atoms with Crippen LogP contribution in [0.15, 0.2) is 23.1 Å². The largest absolute Gasteiger partial charge is 0.390 e. The molecule has 1 aromatic rings. The third kappa shape index (κ3) is 5.48. The topological polar surface area (TPSA) is 74.6 Å². The maximum Gasteiger partial charge on any atom is 0.251 e. The number of aliphatic hydroxyl groups excluding tert-OH is 1. The molecule has 2 rings (SSSR count). The maximum atomic E-state index is 12.1. The van der Waals surface area contributed by atoms with Crippen LogP contribution in [0.3, 0.4) is 0 Å². The van der Waals surface area contributed by atoms with Crippen LogP contribution in [0.25, 0.3) is 0 Å². The van der Waals surface area contributed by atoms with E-state index < -0.39 is 6.10 Å². The lowest BCUT2D eigenvalue weighted by molar-refractivity contribution is 0.0862. The summed E-state index contributed by atoms with van der Waals surface area (Å²) in [6.07, 6.45) is 5.89. The van der Waals surface area contributed by atoms with Crippen LogP contribution in [0.5, 0.6) is 0 Å². The first kappa shape index (κ1) is 17.7. The van der Waals surface area contributed by atoms with E-state index in [1.54, 1.807) is 12.3 Å². The van der Waals surface area contributed by atoms with Crippen LogP contribution in [0.4, 0.5) is 0 Å². The van der Waals surface area contributed by atoms with Gasteiger partial charge in [0.1, 0.15) is 0 Å². The van der Waals surface area contributed by atoms with Gasteiger partial charge in [-0.1, -0.05) is 12.8 Å². The molecule has 1 fully saturated rings. The highest BCUT2D eigenvalue weighted by Crippen LogP contribution is 2.09. The Kier molecular flexibility index (Phi) is 6.80. The Morgan fingerprint density at radius 2 is 2.00 bits per heavy atom. The van der Waals surface area contributed by atoms with Crippen molar-refractivity contribution in [3.8, 4) is 0 Å². The smallest absolute Gasteiger partial charge is 0.251 e. The summed E-state index contributed by atoms with van der Waals surface area (Å²) in [6.45, 7) is 5.26. The molecule has 0 bridgehead atoms. The van der Waals surface area contributed by atoms with Gasteiger partial charge in [0.2, 0.25) is 0 Å². The number of carbonyl (C=O) groups excluding carboxylic acids is 1. The predicted molar refractivity (Wildman–Crippen MR) is 89.6 cm³/mol. The minimum absolute atomic E-state index is 0.190. The van der Waals surface area contributed by atoms with Gasteiger partial charge in [0.15, 0.2) is 0 Å². The van der Waals surface area contributed by atoms with Gasteiger partial charge in [-0.05, 0) is 38.9 Å². The number of β-amino-alcohol motifs (C(OH)–C–C–N with tert-alkyl or cyclic N) is 1. The molecule has 0 saturated carbocycles. The number of hydrogen-bond donors (Lipinski definition) is 2. The fourth-order valence-electron chi connectivity index (χ4n) is 2.90. The van der Waals surface area contributed by atoms with Crippen LogP contribution < -0.4 is 10.9 Å². The van der Waals surface area contributed by atoms with Gasteiger partial charge >= 0.3 is 0 Å². The van der Waals surface area contributed by atoms with Crippen molar-refractivity contribution in [3.05, 3.63) is 34.2 Å². The molecule has 1 saturated heterocycles. The van der Waals surface area contributed by atoms with Crippen LogP contribution in [-0.4, -0.2) is 52.8 Å². The summed E-state index contributed by atoms with van der Waals surface area (Å²) >= 11 is 0. The Hall–Kier alpha value is -1.66. The molecule has 0 radical (unpaired) electrons. The van der Waals surface area contributed by atoms with E-state index in [1.807, 2.05) is 6.92 Å². The first-order valence-corrected chi connectivity index (χ1v) is 8.49. The number of aryl methyl sites for hydroxylation is 1. The fraction of sp³-hybridized carbons (Fsp3) is 0.647. The molecule has 1 atom stereocenters. The standard InChI is InChI=1S/C17H27N3O3/c1-2-20-10-7-14(11-16(20)22)17(23)18-12-15(21)13-19-8-5-3-4-6-9-19/h7,10-11,15,21H,2-6,8-9,12-13H2,1H3,(H,18,23)/t15-/m1/s1. The molecule has 2 heterocycles. The minimum Gasteiger partial charge on any atom is -0.390 e. The van der Waals surface area contributed by atoms with E-state index in [1.165, 1.54) is 36.3 Å². The monoisotopic (exact) mass is 321 g/mol. The van der Waals surface area contributed by atoms with Gasteiger partial charge < -0.3 is 19.9 Å². The molecule has 6 nitrogen and oxygen atoms in total. The van der Waals surface area contributed by atoms with Gasteiger partial charge in [-0.15, -0.1) is 0 Å². The van der Waals surface area contributed by atoms with Gasteiger partial charge in [0, 0.05) is 37.5 Å². The van der Waals surface area contributed by atoms with Crippen molar-refractivity contribution < 1.29 is 9.90 Å². The second-order valence-electron chi connectivity index (χ2n) is 6.12. The van der Waals surface area contributed by atoms with Crippen molar-refractivity contribution in [3.63, 3.8) is 0 Å². The molecule has 0 spiro atoms. The highest BCUT2D eigenvalue weighted by atomic mass is 16.3. The number of pyridine rings is 1. The van der Waals surface area contributed by atoms with E-state index in [4.69, 9.17) is 0 Å². The van der Waals surface area contributed by atoms with Crippen molar-refractivity contribution >= 4 is 5.91 Å². The van der Waals surface area contributed by atoms with Crippen LogP contribution in [0.1, 0.15) is 43.0 Å². The van der Waals surface area contributed by atoms with Gasteiger partial charge in [-0.25, -0.2) is 0 Å². The number of nitrogens with zero attached hydrogens (tertiary/aromatic N) is 2. The second-order valence-corrected chi connectivity index (χ2v) is 6.12. The third-order valence-corrected chi connectivity index (χ3v) is 4.26. The fourth-order valence-corrected chi connectivity index (χ4v) is 2.90. The number of rotatable bonds is 6. The van der Waals surface area contributed by atoms with Crippen molar-refractivity contribution in [2.24, 2.45) is 0 Å². The highest BCUT2D eigenvalue weighted by Gasteiger charge is 2.15. The van der Waals surface area contributed by atoms with Crippen molar-refractivity contribution in [2.75, 3.05) is 26.2 Å². The van der Waals surface area contributed by atoms with Crippen LogP contribution in [0, 0.1) is 0 Å². The molecule has 2 N–H and O–H groups in total. The van der Waals surface area contributed by atoms with E-state index in [2.05, 4.69) is 10.2 Å². The van der Waals surface area contributed by atoms with Crippen LogP contribution >= 0.6 is 0 Å². The minimum atomic E-state index is -0.590. The molecule has 1 aromatic heterocycles. The lowest BCUT2D eigenvalue weighted by atomic mass is 10.2.